The molecular formula is C20H21ClN2O4. The summed E-state index contributed by atoms with van der Waals surface area (Å²) in [5.41, 5.74) is 3.98. The summed E-state index contributed by atoms with van der Waals surface area (Å²) in [5.74, 6) is -1.60. The van der Waals surface area contributed by atoms with Crippen LogP contribution in [0.4, 0.5) is 5.69 Å². The number of hydrogen-bond acceptors (Lipinski definition) is 4. The van der Waals surface area contributed by atoms with Gasteiger partial charge in [0.1, 0.15) is 0 Å². The van der Waals surface area contributed by atoms with E-state index in [2.05, 4.69) is 10.6 Å². The predicted molar refractivity (Wildman–Crippen MR) is 104 cm³/mol. The van der Waals surface area contributed by atoms with Crippen molar-refractivity contribution in [1.82, 2.24) is 5.32 Å². The molecule has 2 aromatic rings. The molecule has 0 saturated heterocycles. The third kappa shape index (κ3) is 6.11. The van der Waals surface area contributed by atoms with Crippen LogP contribution in [0.5, 0.6) is 0 Å². The Morgan fingerprint density at radius 2 is 1.67 bits per heavy atom. The van der Waals surface area contributed by atoms with Crippen LogP contribution in [0.3, 0.4) is 0 Å². The zero-order chi connectivity index (χ0) is 20.0. The molecule has 2 aromatic carbocycles. The fraction of sp³-hybridized carbons (Fsp3) is 0.250. The summed E-state index contributed by atoms with van der Waals surface area (Å²) in [6.45, 7) is 5.09. The Morgan fingerprint density at radius 1 is 1.00 bits per heavy atom. The third-order valence-electron chi connectivity index (χ3n) is 3.78. The van der Waals surface area contributed by atoms with E-state index in [1.54, 1.807) is 12.1 Å². The van der Waals surface area contributed by atoms with E-state index in [4.69, 9.17) is 16.3 Å². The molecule has 0 aliphatic rings. The first kappa shape index (κ1) is 20.5. The lowest BCUT2D eigenvalue weighted by atomic mass is 10.1. The number of amides is 2. The number of ether oxygens (including phenoxy) is 1. The van der Waals surface area contributed by atoms with Crippen LogP contribution >= 0.6 is 11.6 Å². The molecule has 0 fully saturated rings. The number of aryl methyl sites for hydroxylation is 3. The SMILES string of the molecule is Cc1cc(C)c(NC(=O)CNC(=O)COC(=O)c2cccc(Cl)c2)c(C)c1. The number of hydrogen-bond donors (Lipinski definition) is 2. The Bertz CT molecular complexity index is 857. The molecule has 0 spiro atoms. The van der Waals surface area contributed by atoms with Crippen molar-refractivity contribution in [3.05, 3.63) is 63.7 Å². The standard InChI is InChI=1S/C20H21ClN2O4/c1-12-7-13(2)19(14(3)8-12)23-17(24)10-22-18(25)11-27-20(26)15-5-4-6-16(21)9-15/h4-9H,10-11H2,1-3H3,(H,22,25)(H,23,24). The molecule has 0 unspecified atom stereocenters. The van der Waals surface area contributed by atoms with E-state index in [0.717, 1.165) is 22.4 Å². The Labute approximate surface area is 162 Å². The summed E-state index contributed by atoms with van der Waals surface area (Å²) in [6, 6.07) is 10.2. The summed E-state index contributed by atoms with van der Waals surface area (Å²) in [7, 11) is 0. The van der Waals surface area contributed by atoms with Gasteiger partial charge in [0.05, 0.1) is 12.1 Å². The molecule has 0 aromatic heterocycles. The Hall–Kier alpha value is -2.86. The van der Waals surface area contributed by atoms with Gasteiger partial charge >= 0.3 is 5.97 Å². The van der Waals surface area contributed by atoms with E-state index in [-0.39, 0.29) is 18.0 Å². The number of esters is 1. The molecule has 6 nitrogen and oxygen atoms in total. The first-order valence-corrected chi connectivity index (χ1v) is 8.71. The van der Waals surface area contributed by atoms with Gasteiger partial charge in [0, 0.05) is 10.7 Å². The molecule has 0 aliphatic carbocycles. The van der Waals surface area contributed by atoms with Gasteiger partial charge in [-0.25, -0.2) is 4.79 Å². The largest absolute Gasteiger partial charge is 0.452 e. The molecule has 2 amide bonds. The molecule has 0 aliphatic heterocycles. The molecule has 2 rings (SSSR count). The minimum atomic E-state index is -0.664. The number of nitrogens with one attached hydrogen (secondary N) is 2. The number of carbonyl (C=O) groups is 3. The van der Waals surface area contributed by atoms with Crippen molar-refractivity contribution in [2.45, 2.75) is 20.8 Å². The number of anilines is 1. The highest BCUT2D eigenvalue weighted by Gasteiger charge is 2.13. The van der Waals surface area contributed by atoms with Crippen molar-refractivity contribution in [1.29, 1.82) is 0 Å². The zero-order valence-electron chi connectivity index (χ0n) is 15.4. The first-order chi connectivity index (χ1) is 12.8. The van der Waals surface area contributed by atoms with Gasteiger partial charge in [-0.2, -0.15) is 0 Å². The number of halogens is 1. The molecule has 27 heavy (non-hydrogen) atoms. The molecule has 142 valence electrons. The van der Waals surface area contributed by atoms with Crippen LogP contribution in [0.2, 0.25) is 5.02 Å². The lowest BCUT2D eigenvalue weighted by molar-refractivity contribution is -0.126. The highest BCUT2D eigenvalue weighted by molar-refractivity contribution is 6.30. The lowest BCUT2D eigenvalue weighted by Crippen LogP contribution is -2.35. The Morgan fingerprint density at radius 3 is 2.30 bits per heavy atom. The van der Waals surface area contributed by atoms with Crippen LogP contribution in [0.25, 0.3) is 0 Å². The molecule has 0 saturated carbocycles. The van der Waals surface area contributed by atoms with Crippen molar-refractivity contribution in [2.75, 3.05) is 18.5 Å². The van der Waals surface area contributed by atoms with Crippen molar-refractivity contribution in [3.8, 4) is 0 Å². The van der Waals surface area contributed by atoms with Gasteiger partial charge in [-0.15, -0.1) is 0 Å². The van der Waals surface area contributed by atoms with Gasteiger partial charge in [0.2, 0.25) is 5.91 Å². The van der Waals surface area contributed by atoms with Crippen molar-refractivity contribution < 1.29 is 19.1 Å². The fourth-order valence-corrected chi connectivity index (χ4v) is 2.81. The van der Waals surface area contributed by atoms with Gasteiger partial charge < -0.3 is 15.4 Å². The van der Waals surface area contributed by atoms with E-state index in [1.165, 1.54) is 12.1 Å². The van der Waals surface area contributed by atoms with Gasteiger partial charge in [-0.3, -0.25) is 9.59 Å². The lowest BCUT2D eigenvalue weighted by Gasteiger charge is -2.13. The van der Waals surface area contributed by atoms with Crippen molar-refractivity contribution in [3.63, 3.8) is 0 Å². The summed E-state index contributed by atoms with van der Waals surface area (Å²) in [5, 5.41) is 5.59. The molecule has 7 heteroatoms. The van der Waals surface area contributed by atoms with Crippen molar-refractivity contribution >= 4 is 35.1 Å². The zero-order valence-corrected chi connectivity index (χ0v) is 16.1. The van der Waals surface area contributed by atoms with Gasteiger partial charge in [-0.05, 0) is 50.1 Å². The smallest absolute Gasteiger partial charge is 0.338 e. The monoisotopic (exact) mass is 388 g/mol. The van der Waals surface area contributed by atoms with Gasteiger partial charge in [0.15, 0.2) is 6.61 Å². The van der Waals surface area contributed by atoms with Crippen LogP contribution in [0.1, 0.15) is 27.0 Å². The fourth-order valence-electron chi connectivity index (χ4n) is 2.62. The van der Waals surface area contributed by atoms with Gasteiger partial charge in [-0.1, -0.05) is 35.4 Å². The summed E-state index contributed by atoms with van der Waals surface area (Å²) < 4.78 is 4.91. The summed E-state index contributed by atoms with van der Waals surface area (Å²) >= 11 is 5.80. The highest BCUT2D eigenvalue weighted by atomic mass is 35.5. The Kier molecular flexibility index (Phi) is 6.96. The number of rotatable bonds is 6. The second-order valence-electron chi connectivity index (χ2n) is 6.19. The van der Waals surface area contributed by atoms with E-state index < -0.39 is 18.5 Å². The average molecular weight is 389 g/mol. The summed E-state index contributed by atoms with van der Waals surface area (Å²) in [6.07, 6.45) is 0. The maximum atomic E-state index is 12.1. The maximum Gasteiger partial charge on any atom is 0.338 e. The molecule has 0 bridgehead atoms. The maximum absolute atomic E-state index is 12.1. The van der Waals surface area contributed by atoms with E-state index >= 15 is 0 Å². The van der Waals surface area contributed by atoms with Crippen LogP contribution < -0.4 is 10.6 Å². The van der Waals surface area contributed by atoms with Crippen LogP contribution in [0.15, 0.2) is 36.4 Å². The highest BCUT2D eigenvalue weighted by Crippen LogP contribution is 2.21. The van der Waals surface area contributed by atoms with E-state index in [1.807, 2.05) is 32.9 Å². The second kappa shape index (κ2) is 9.19. The van der Waals surface area contributed by atoms with Gasteiger partial charge in [0.25, 0.3) is 5.91 Å². The third-order valence-corrected chi connectivity index (χ3v) is 4.02. The van der Waals surface area contributed by atoms with Crippen LogP contribution in [0, 0.1) is 20.8 Å². The molecule has 0 heterocycles. The van der Waals surface area contributed by atoms with Crippen LogP contribution in [-0.2, 0) is 14.3 Å². The normalized spacial score (nSPS) is 10.2. The minimum Gasteiger partial charge on any atom is -0.452 e. The van der Waals surface area contributed by atoms with E-state index in [9.17, 15) is 14.4 Å². The average Bonchev–Trinajstić information content (AvgIpc) is 2.60. The summed E-state index contributed by atoms with van der Waals surface area (Å²) in [4.78, 5) is 35.7. The van der Waals surface area contributed by atoms with Crippen molar-refractivity contribution in [2.24, 2.45) is 0 Å². The molecule has 2 N–H and O–H groups in total. The van der Waals surface area contributed by atoms with E-state index in [0.29, 0.717) is 5.02 Å². The topological polar surface area (TPSA) is 84.5 Å². The molecule has 0 radical (unpaired) electrons. The quantitative estimate of drug-likeness (QED) is 0.744. The second-order valence-corrected chi connectivity index (χ2v) is 6.62. The molecule has 0 atom stereocenters. The van der Waals surface area contributed by atoms with Crippen LogP contribution in [-0.4, -0.2) is 30.9 Å². The predicted octanol–water partition coefficient (Wildman–Crippen LogP) is 3.18. The molecular weight excluding hydrogens is 368 g/mol. The number of carbonyl (C=O) groups excluding carboxylic acids is 3. The first-order valence-electron chi connectivity index (χ1n) is 8.33. The minimum absolute atomic E-state index is 0.222. The Balaban J connectivity index is 1.80. The number of benzene rings is 2.